The first-order valence-electron chi connectivity index (χ1n) is 4.84. The minimum atomic E-state index is -0.646. The Morgan fingerprint density at radius 3 is 2.88 bits per heavy atom. The molecule has 0 saturated carbocycles. The lowest BCUT2D eigenvalue weighted by Crippen LogP contribution is -2.34. The Kier molecular flexibility index (Phi) is 2.59. The molecule has 0 aliphatic heterocycles. The van der Waals surface area contributed by atoms with Crippen molar-refractivity contribution in [2.75, 3.05) is 5.43 Å². The Morgan fingerprint density at radius 2 is 2.12 bits per heavy atom. The van der Waals surface area contributed by atoms with Crippen LogP contribution < -0.4 is 16.6 Å². The number of anilines is 1. The van der Waals surface area contributed by atoms with E-state index in [4.69, 9.17) is 5.73 Å². The van der Waals surface area contributed by atoms with Crippen molar-refractivity contribution in [2.24, 2.45) is 5.73 Å². The van der Waals surface area contributed by atoms with Crippen LogP contribution in [0.4, 0.5) is 10.6 Å². The smallest absolute Gasteiger partial charge is 0.330 e. The second-order valence-electron chi connectivity index (χ2n) is 3.46. The number of primary amides is 1. The van der Waals surface area contributed by atoms with Crippen LogP contribution in [-0.4, -0.2) is 11.0 Å². The fraction of sp³-hybridized carbons (Fsp3) is 0.0909. The Labute approximate surface area is 92.6 Å². The SMILES string of the molecule is Cc1cc(NNC(N)=O)nc2ccccc12. The highest BCUT2D eigenvalue weighted by molar-refractivity contribution is 5.84. The van der Waals surface area contributed by atoms with E-state index in [0.29, 0.717) is 5.82 Å². The van der Waals surface area contributed by atoms with E-state index in [-0.39, 0.29) is 0 Å². The number of amides is 2. The molecule has 5 heteroatoms. The minimum absolute atomic E-state index is 0.565. The van der Waals surface area contributed by atoms with Gasteiger partial charge in [0.25, 0.3) is 0 Å². The number of benzene rings is 1. The van der Waals surface area contributed by atoms with Crippen LogP contribution in [0.1, 0.15) is 5.56 Å². The van der Waals surface area contributed by atoms with Crippen LogP contribution in [-0.2, 0) is 0 Å². The quantitative estimate of drug-likeness (QED) is 0.666. The van der Waals surface area contributed by atoms with Gasteiger partial charge in [0, 0.05) is 5.39 Å². The lowest BCUT2D eigenvalue weighted by atomic mass is 10.1. The van der Waals surface area contributed by atoms with Crippen molar-refractivity contribution in [3.63, 3.8) is 0 Å². The normalized spacial score (nSPS) is 10.1. The summed E-state index contributed by atoms with van der Waals surface area (Å²) >= 11 is 0. The zero-order valence-electron chi connectivity index (χ0n) is 8.82. The van der Waals surface area contributed by atoms with Gasteiger partial charge in [0.05, 0.1) is 5.52 Å². The Hall–Kier alpha value is -2.30. The number of fused-ring (bicyclic) bond motifs is 1. The van der Waals surface area contributed by atoms with Crippen molar-refractivity contribution in [2.45, 2.75) is 6.92 Å². The average molecular weight is 216 g/mol. The van der Waals surface area contributed by atoms with Crippen LogP contribution in [0.5, 0.6) is 0 Å². The van der Waals surface area contributed by atoms with E-state index in [1.807, 2.05) is 37.3 Å². The molecule has 0 radical (unpaired) electrons. The van der Waals surface area contributed by atoms with Gasteiger partial charge < -0.3 is 5.73 Å². The average Bonchev–Trinajstić information content (AvgIpc) is 2.26. The molecule has 4 N–H and O–H groups in total. The van der Waals surface area contributed by atoms with E-state index < -0.39 is 6.03 Å². The number of urea groups is 1. The number of aromatic nitrogens is 1. The number of aryl methyl sites for hydroxylation is 1. The predicted octanol–water partition coefficient (Wildman–Crippen LogP) is 1.54. The van der Waals surface area contributed by atoms with Gasteiger partial charge in [-0.1, -0.05) is 18.2 Å². The van der Waals surface area contributed by atoms with Gasteiger partial charge in [-0.25, -0.2) is 9.78 Å². The van der Waals surface area contributed by atoms with Gasteiger partial charge in [0.1, 0.15) is 5.82 Å². The molecular weight excluding hydrogens is 204 g/mol. The molecule has 0 bridgehead atoms. The second kappa shape index (κ2) is 4.06. The summed E-state index contributed by atoms with van der Waals surface area (Å²) in [4.78, 5) is 14.9. The van der Waals surface area contributed by atoms with Gasteiger partial charge in [-0.05, 0) is 24.6 Å². The molecule has 1 heterocycles. The second-order valence-corrected chi connectivity index (χ2v) is 3.46. The molecule has 2 amide bonds. The Morgan fingerprint density at radius 1 is 1.38 bits per heavy atom. The Balaban J connectivity index is 2.38. The number of para-hydroxylation sites is 1. The lowest BCUT2D eigenvalue weighted by molar-refractivity contribution is 0.250. The minimum Gasteiger partial charge on any atom is -0.350 e. The van der Waals surface area contributed by atoms with Gasteiger partial charge in [0.15, 0.2) is 0 Å². The molecule has 0 aliphatic carbocycles. The number of hydrogen-bond donors (Lipinski definition) is 3. The number of nitrogens with two attached hydrogens (primary N) is 1. The van der Waals surface area contributed by atoms with Crippen LogP contribution in [0.3, 0.4) is 0 Å². The van der Waals surface area contributed by atoms with E-state index >= 15 is 0 Å². The van der Waals surface area contributed by atoms with Gasteiger partial charge >= 0.3 is 6.03 Å². The van der Waals surface area contributed by atoms with Crippen molar-refractivity contribution in [3.8, 4) is 0 Å². The highest BCUT2D eigenvalue weighted by Crippen LogP contribution is 2.19. The van der Waals surface area contributed by atoms with Crippen molar-refractivity contribution >= 4 is 22.8 Å². The van der Waals surface area contributed by atoms with Crippen LogP contribution in [0, 0.1) is 6.92 Å². The highest BCUT2D eigenvalue weighted by atomic mass is 16.2. The van der Waals surface area contributed by atoms with Gasteiger partial charge in [-0.2, -0.15) is 0 Å². The zero-order chi connectivity index (χ0) is 11.5. The number of nitrogens with zero attached hydrogens (tertiary/aromatic N) is 1. The molecule has 0 fully saturated rings. The molecule has 0 spiro atoms. The van der Waals surface area contributed by atoms with E-state index in [0.717, 1.165) is 16.5 Å². The maximum absolute atomic E-state index is 10.5. The van der Waals surface area contributed by atoms with Crippen LogP contribution in [0.15, 0.2) is 30.3 Å². The fourth-order valence-corrected chi connectivity index (χ4v) is 1.54. The van der Waals surface area contributed by atoms with Crippen LogP contribution in [0.25, 0.3) is 10.9 Å². The third-order valence-corrected chi connectivity index (χ3v) is 2.24. The molecule has 5 nitrogen and oxygen atoms in total. The first kappa shape index (κ1) is 10.2. The number of carbonyl (C=O) groups is 1. The summed E-state index contributed by atoms with van der Waals surface area (Å²) < 4.78 is 0. The van der Waals surface area contributed by atoms with Crippen molar-refractivity contribution in [3.05, 3.63) is 35.9 Å². The van der Waals surface area contributed by atoms with E-state index in [9.17, 15) is 4.79 Å². The third-order valence-electron chi connectivity index (χ3n) is 2.24. The zero-order valence-corrected chi connectivity index (χ0v) is 8.82. The van der Waals surface area contributed by atoms with Crippen LogP contribution >= 0.6 is 0 Å². The first-order chi connectivity index (χ1) is 7.66. The maximum Gasteiger partial charge on any atom is 0.330 e. The predicted molar refractivity (Wildman–Crippen MR) is 62.8 cm³/mol. The number of hydrazine groups is 1. The number of pyridine rings is 1. The summed E-state index contributed by atoms with van der Waals surface area (Å²) in [6, 6.07) is 9.00. The molecule has 0 atom stereocenters. The first-order valence-corrected chi connectivity index (χ1v) is 4.84. The molecule has 0 unspecified atom stereocenters. The molecule has 1 aromatic carbocycles. The summed E-state index contributed by atoms with van der Waals surface area (Å²) in [6.45, 7) is 1.99. The standard InChI is InChI=1S/C11H12N4O/c1-7-6-10(14-15-11(12)16)13-9-5-3-2-4-8(7)9/h2-6H,1H3,(H,13,14)(H3,12,15,16). The van der Waals surface area contributed by atoms with E-state index in [1.165, 1.54) is 0 Å². The van der Waals surface area contributed by atoms with Gasteiger partial charge in [-0.3, -0.25) is 10.9 Å². The molecular formula is C11H12N4O. The summed E-state index contributed by atoms with van der Waals surface area (Å²) in [5.41, 5.74) is 11.8. The van der Waals surface area contributed by atoms with Gasteiger partial charge in [-0.15, -0.1) is 0 Å². The molecule has 1 aromatic heterocycles. The molecule has 2 rings (SSSR count). The fourth-order valence-electron chi connectivity index (χ4n) is 1.54. The summed E-state index contributed by atoms with van der Waals surface area (Å²) in [7, 11) is 0. The van der Waals surface area contributed by atoms with Gasteiger partial charge in [0.2, 0.25) is 0 Å². The number of hydrogen-bond acceptors (Lipinski definition) is 3. The molecule has 82 valence electrons. The van der Waals surface area contributed by atoms with Crippen molar-refractivity contribution in [1.82, 2.24) is 10.4 Å². The summed E-state index contributed by atoms with van der Waals surface area (Å²) in [5.74, 6) is 0.565. The van der Waals surface area contributed by atoms with Crippen molar-refractivity contribution < 1.29 is 4.79 Å². The van der Waals surface area contributed by atoms with Crippen molar-refractivity contribution in [1.29, 1.82) is 0 Å². The third kappa shape index (κ3) is 2.03. The highest BCUT2D eigenvalue weighted by Gasteiger charge is 2.01. The topological polar surface area (TPSA) is 80.0 Å². The molecule has 0 aliphatic rings. The number of nitrogens with one attached hydrogen (secondary N) is 2. The summed E-state index contributed by atoms with van der Waals surface area (Å²) in [5, 5.41) is 1.09. The van der Waals surface area contributed by atoms with Crippen LogP contribution in [0.2, 0.25) is 0 Å². The Bertz CT molecular complexity index is 538. The number of rotatable bonds is 2. The van der Waals surface area contributed by atoms with E-state index in [1.54, 1.807) is 0 Å². The largest absolute Gasteiger partial charge is 0.350 e. The van der Waals surface area contributed by atoms with E-state index in [2.05, 4.69) is 15.8 Å². The number of carbonyl (C=O) groups excluding carboxylic acids is 1. The molecule has 16 heavy (non-hydrogen) atoms. The molecule has 2 aromatic rings. The lowest BCUT2D eigenvalue weighted by Gasteiger charge is -2.08. The maximum atomic E-state index is 10.5. The summed E-state index contributed by atoms with van der Waals surface area (Å²) in [6.07, 6.45) is 0. The monoisotopic (exact) mass is 216 g/mol. The molecule has 0 saturated heterocycles.